The van der Waals surface area contributed by atoms with Crippen LogP contribution in [0.2, 0.25) is 0 Å². The third-order valence-electron chi connectivity index (χ3n) is 3.99. The number of aromatic nitrogens is 1. The van der Waals surface area contributed by atoms with Crippen LogP contribution in [-0.4, -0.2) is 28.3 Å². The summed E-state index contributed by atoms with van der Waals surface area (Å²) in [5.74, 6) is 0.682. The first-order valence-electron chi connectivity index (χ1n) is 8.04. The maximum absolute atomic E-state index is 12.1. The molecule has 2 aromatic rings. The van der Waals surface area contributed by atoms with Crippen LogP contribution in [0.1, 0.15) is 31.4 Å². The maximum atomic E-state index is 12.1. The Morgan fingerprint density at radius 1 is 1.33 bits per heavy atom. The summed E-state index contributed by atoms with van der Waals surface area (Å²) in [5.41, 5.74) is 3.33. The number of thiazole rings is 1. The van der Waals surface area contributed by atoms with Crippen LogP contribution >= 0.6 is 11.3 Å². The van der Waals surface area contributed by atoms with E-state index in [2.05, 4.69) is 15.6 Å². The fourth-order valence-corrected chi connectivity index (χ4v) is 3.25. The highest BCUT2D eigenvalue weighted by Gasteiger charge is 2.20. The quantitative estimate of drug-likeness (QED) is 0.776. The smallest absolute Gasteiger partial charge is 0.319 e. The number of hydrogen-bond acceptors (Lipinski definition) is 5. The zero-order valence-corrected chi connectivity index (χ0v) is 14.1. The number of amides is 2. The fraction of sp³-hybridized carbons (Fsp3) is 0.412. The lowest BCUT2D eigenvalue weighted by atomic mass is 9.93. The van der Waals surface area contributed by atoms with Crippen LogP contribution in [0.25, 0.3) is 0 Å². The van der Waals surface area contributed by atoms with Gasteiger partial charge in [-0.1, -0.05) is 6.07 Å². The number of benzene rings is 1. The second kappa shape index (κ2) is 8.12. The van der Waals surface area contributed by atoms with Crippen molar-refractivity contribution in [3.05, 3.63) is 40.8 Å². The number of rotatable bonds is 5. The summed E-state index contributed by atoms with van der Waals surface area (Å²) in [4.78, 5) is 16.3. The second-order valence-electron chi connectivity index (χ2n) is 5.90. The topological polar surface area (TPSA) is 83.5 Å². The minimum Gasteiger partial charge on any atom is -0.487 e. The van der Waals surface area contributed by atoms with E-state index in [1.54, 1.807) is 11.6 Å². The standard InChI is InChI=1S/C17H21N3O3S/c21-15-6-4-12(5-7-15)19-17(22)20-13-2-1-3-16(8-13)23-9-14-10-24-11-18-14/h1-3,8,10-12,15,21H,4-7,9H2,(H2,19,20,22). The highest BCUT2D eigenvalue weighted by Crippen LogP contribution is 2.20. The van der Waals surface area contributed by atoms with E-state index in [9.17, 15) is 9.90 Å². The third-order valence-corrected chi connectivity index (χ3v) is 4.63. The maximum Gasteiger partial charge on any atom is 0.319 e. The molecular weight excluding hydrogens is 326 g/mol. The molecule has 128 valence electrons. The van der Waals surface area contributed by atoms with Crippen molar-refractivity contribution in [1.29, 1.82) is 0 Å². The van der Waals surface area contributed by atoms with Crippen molar-refractivity contribution < 1.29 is 14.6 Å². The first-order chi connectivity index (χ1) is 11.7. The predicted octanol–water partition coefficient (Wildman–Crippen LogP) is 3.15. The summed E-state index contributed by atoms with van der Waals surface area (Å²) < 4.78 is 5.68. The molecule has 0 unspecified atom stereocenters. The second-order valence-corrected chi connectivity index (χ2v) is 6.62. The third kappa shape index (κ3) is 4.94. The van der Waals surface area contributed by atoms with Crippen LogP contribution in [0.3, 0.4) is 0 Å². The highest BCUT2D eigenvalue weighted by molar-refractivity contribution is 7.07. The number of anilines is 1. The van der Waals surface area contributed by atoms with Gasteiger partial charge in [0.15, 0.2) is 0 Å². The molecule has 24 heavy (non-hydrogen) atoms. The molecule has 1 aliphatic rings. The summed E-state index contributed by atoms with van der Waals surface area (Å²) in [6.07, 6.45) is 2.88. The van der Waals surface area contributed by atoms with E-state index in [1.165, 1.54) is 11.3 Å². The first-order valence-corrected chi connectivity index (χ1v) is 8.99. The Bertz CT molecular complexity index is 655. The molecule has 1 aliphatic carbocycles. The molecule has 0 atom stereocenters. The normalized spacial score (nSPS) is 20.4. The van der Waals surface area contributed by atoms with E-state index in [1.807, 2.05) is 23.6 Å². The fourth-order valence-electron chi connectivity index (χ4n) is 2.70. The van der Waals surface area contributed by atoms with Gasteiger partial charge >= 0.3 is 6.03 Å². The molecule has 1 heterocycles. The van der Waals surface area contributed by atoms with E-state index in [0.717, 1.165) is 31.4 Å². The minimum atomic E-state index is -0.229. The minimum absolute atomic E-state index is 0.123. The Morgan fingerprint density at radius 2 is 2.17 bits per heavy atom. The van der Waals surface area contributed by atoms with Gasteiger partial charge in [0.25, 0.3) is 0 Å². The number of carbonyl (C=O) groups excluding carboxylic acids is 1. The average Bonchev–Trinajstić information content (AvgIpc) is 3.09. The summed E-state index contributed by atoms with van der Waals surface area (Å²) in [5, 5.41) is 17.2. The number of nitrogens with one attached hydrogen (secondary N) is 2. The van der Waals surface area contributed by atoms with Crippen molar-refractivity contribution in [2.24, 2.45) is 0 Å². The number of aliphatic hydroxyl groups is 1. The van der Waals surface area contributed by atoms with E-state index in [0.29, 0.717) is 18.0 Å². The van der Waals surface area contributed by atoms with Gasteiger partial charge in [0, 0.05) is 23.2 Å². The molecule has 1 aromatic heterocycles. The molecule has 7 heteroatoms. The van der Waals surface area contributed by atoms with Crippen molar-refractivity contribution in [1.82, 2.24) is 10.3 Å². The van der Waals surface area contributed by atoms with Gasteiger partial charge in [-0.2, -0.15) is 0 Å². The van der Waals surface area contributed by atoms with Crippen LogP contribution < -0.4 is 15.4 Å². The van der Waals surface area contributed by atoms with Crippen LogP contribution in [-0.2, 0) is 6.61 Å². The zero-order chi connectivity index (χ0) is 16.8. The van der Waals surface area contributed by atoms with E-state index in [4.69, 9.17) is 4.74 Å². The number of hydrogen-bond donors (Lipinski definition) is 3. The van der Waals surface area contributed by atoms with Crippen molar-refractivity contribution in [2.75, 3.05) is 5.32 Å². The summed E-state index contributed by atoms with van der Waals surface area (Å²) in [6, 6.07) is 7.18. The van der Waals surface area contributed by atoms with Crippen LogP contribution in [0.15, 0.2) is 35.2 Å². The number of aliphatic hydroxyl groups excluding tert-OH is 1. The molecule has 3 N–H and O–H groups in total. The number of urea groups is 1. The molecule has 0 bridgehead atoms. The molecule has 1 saturated carbocycles. The molecule has 1 fully saturated rings. The summed E-state index contributed by atoms with van der Waals surface area (Å²) >= 11 is 1.53. The highest BCUT2D eigenvalue weighted by atomic mass is 32.1. The Kier molecular flexibility index (Phi) is 5.66. The Balaban J connectivity index is 1.49. The van der Waals surface area contributed by atoms with Gasteiger partial charge in [0.05, 0.1) is 17.3 Å². The monoisotopic (exact) mass is 347 g/mol. The SMILES string of the molecule is O=C(Nc1cccc(OCc2cscn2)c1)NC1CCC(O)CC1. The molecule has 0 spiro atoms. The number of nitrogens with zero attached hydrogens (tertiary/aromatic N) is 1. The lowest BCUT2D eigenvalue weighted by Gasteiger charge is -2.26. The van der Waals surface area contributed by atoms with Crippen LogP contribution in [0, 0.1) is 0 Å². The van der Waals surface area contributed by atoms with E-state index >= 15 is 0 Å². The lowest BCUT2D eigenvalue weighted by molar-refractivity contribution is 0.118. The van der Waals surface area contributed by atoms with Crippen molar-refractivity contribution >= 4 is 23.1 Å². The Morgan fingerprint density at radius 3 is 2.92 bits per heavy atom. The van der Waals surface area contributed by atoms with E-state index in [-0.39, 0.29) is 18.2 Å². The molecule has 0 saturated heterocycles. The molecular formula is C17H21N3O3S. The summed E-state index contributed by atoms with van der Waals surface area (Å²) in [7, 11) is 0. The molecule has 1 aromatic carbocycles. The van der Waals surface area contributed by atoms with Crippen molar-refractivity contribution in [2.45, 2.75) is 44.4 Å². The molecule has 3 rings (SSSR count). The molecule has 6 nitrogen and oxygen atoms in total. The largest absolute Gasteiger partial charge is 0.487 e. The van der Waals surface area contributed by atoms with Gasteiger partial charge in [-0.25, -0.2) is 9.78 Å². The molecule has 0 aliphatic heterocycles. The van der Waals surface area contributed by atoms with Gasteiger partial charge in [0.1, 0.15) is 12.4 Å². The van der Waals surface area contributed by atoms with Crippen LogP contribution in [0.5, 0.6) is 5.75 Å². The first kappa shape index (κ1) is 16.7. The Labute approximate surface area is 144 Å². The van der Waals surface area contributed by atoms with Gasteiger partial charge in [0.2, 0.25) is 0 Å². The molecule has 0 radical (unpaired) electrons. The van der Waals surface area contributed by atoms with Gasteiger partial charge < -0.3 is 20.5 Å². The summed E-state index contributed by atoms with van der Waals surface area (Å²) in [6.45, 7) is 0.406. The van der Waals surface area contributed by atoms with Gasteiger partial charge in [-0.05, 0) is 37.8 Å². The van der Waals surface area contributed by atoms with Crippen LogP contribution in [0.4, 0.5) is 10.5 Å². The lowest BCUT2D eigenvalue weighted by Crippen LogP contribution is -2.40. The Hall–Kier alpha value is -2.12. The number of carbonyl (C=O) groups is 1. The van der Waals surface area contributed by atoms with E-state index < -0.39 is 0 Å². The predicted molar refractivity (Wildman–Crippen MR) is 93.3 cm³/mol. The van der Waals surface area contributed by atoms with Gasteiger partial charge in [-0.3, -0.25) is 0 Å². The zero-order valence-electron chi connectivity index (χ0n) is 13.3. The van der Waals surface area contributed by atoms with Crippen molar-refractivity contribution in [3.8, 4) is 5.75 Å². The molecule has 2 amide bonds. The average molecular weight is 347 g/mol. The number of ether oxygens (including phenoxy) is 1. The van der Waals surface area contributed by atoms with Crippen molar-refractivity contribution in [3.63, 3.8) is 0 Å². The van der Waals surface area contributed by atoms with Gasteiger partial charge in [-0.15, -0.1) is 11.3 Å².